The van der Waals surface area contributed by atoms with Gasteiger partial charge in [0.05, 0.1) is 18.1 Å². The van der Waals surface area contributed by atoms with E-state index < -0.39 is 0 Å². The minimum Gasteiger partial charge on any atom is -0.508 e. The maximum Gasteiger partial charge on any atom is 0.138 e. The highest BCUT2D eigenvalue weighted by Crippen LogP contribution is 2.39. The van der Waals surface area contributed by atoms with E-state index in [1.165, 1.54) is 11.1 Å². The van der Waals surface area contributed by atoms with Crippen molar-refractivity contribution in [1.82, 2.24) is 10.2 Å². The van der Waals surface area contributed by atoms with Gasteiger partial charge in [-0.15, -0.1) is 0 Å². The Labute approximate surface area is 177 Å². The molecule has 0 saturated carbocycles. The van der Waals surface area contributed by atoms with E-state index in [9.17, 15) is 10.2 Å². The lowest BCUT2D eigenvalue weighted by atomic mass is 9.80. The number of para-hydroxylation sites is 2. The molecule has 30 heavy (non-hydrogen) atoms. The molecule has 0 amide bonds. The van der Waals surface area contributed by atoms with Gasteiger partial charge in [0, 0.05) is 51.1 Å². The topological polar surface area (TPSA) is 71.3 Å². The maximum atomic E-state index is 10.1. The van der Waals surface area contributed by atoms with Crippen molar-refractivity contribution in [3.63, 3.8) is 0 Å². The molecule has 0 aromatic heterocycles. The Morgan fingerprint density at radius 2 is 1.87 bits per heavy atom. The molecule has 2 atom stereocenters. The van der Waals surface area contributed by atoms with Crippen molar-refractivity contribution >= 4 is 11.5 Å². The van der Waals surface area contributed by atoms with E-state index in [0.29, 0.717) is 23.5 Å². The highest BCUT2D eigenvalue weighted by molar-refractivity contribution is 5.86. The van der Waals surface area contributed by atoms with Gasteiger partial charge < -0.3 is 20.4 Å². The molecule has 158 valence electrons. The van der Waals surface area contributed by atoms with Crippen molar-refractivity contribution in [2.45, 2.75) is 31.2 Å². The van der Waals surface area contributed by atoms with Crippen LogP contribution in [0.25, 0.3) is 0 Å². The number of anilines is 1. The molecule has 2 aromatic carbocycles. The van der Waals surface area contributed by atoms with E-state index in [-0.39, 0.29) is 0 Å². The molecule has 3 N–H and O–H groups in total. The molecule has 2 aliphatic heterocycles. The molecule has 0 radical (unpaired) electrons. The van der Waals surface area contributed by atoms with Gasteiger partial charge in [-0.1, -0.05) is 18.2 Å². The standard InChI is InChI=1S/C24H30N4O2/c29-18-6-7-19-17(15-18)5-8-21-20(19)16-24(26-21)25-9-10-27-11-13-28(14-12-27)22-3-1-2-4-23(22)30/h1-4,6-7,15,20-21,29-30H,5,8-14,16H2,(H,25,26)/t20-,21+/m0/s1. The van der Waals surface area contributed by atoms with Gasteiger partial charge in [-0.3, -0.25) is 9.89 Å². The predicted octanol–water partition coefficient (Wildman–Crippen LogP) is 2.71. The zero-order chi connectivity index (χ0) is 20.5. The molecule has 5 rings (SSSR count). The zero-order valence-corrected chi connectivity index (χ0v) is 17.3. The first kappa shape index (κ1) is 19.2. The van der Waals surface area contributed by atoms with Crippen LogP contribution < -0.4 is 10.2 Å². The van der Waals surface area contributed by atoms with Crippen molar-refractivity contribution in [3.05, 3.63) is 53.6 Å². The highest BCUT2D eigenvalue weighted by Gasteiger charge is 2.36. The average molecular weight is 407 g/mol. The molecule has 2 heterocycles. The lowest BCUT2D eigenvalue weighted by Crippen LogP contribution is -2.47. The summed E-state index contributed by atoms with van der Waals surface area (Å²) in [6.45, 7) is 5.64. The lowest BCUT2D eigenvalue weighted by Gasteiger charge is -2.36. The molecule has 6 heteroatoms. The van der Waals surface area contributed by atoms with Crippen molar-refractivity contribution in [3.8, 4) is 11.5 Å². The van der Waals surface area contributed by atoms with Gasteiger partial charge in [0.1, 0.15) is 11.5 Å². The smallest absolute Gasteiger partial charge is 0.138 e. The van der Waals surface area contributed by atoms with Crippen molar-refractivity contribution < 1.29 is 10.2 Å². The summed E-state index contributed by atoms with van der Waals surface area (Å²) in [5.74, 6) is 2.35. The summed E-state index contributed by atoms with van der Waals surface area (Å²) in [5, 5.41) is 23.5. The van der Waals surface area contributed by atoms with Gasteiger partial charge in [0.15, 0.2) is 0 Å². The number of hydrogen-bond donors (Lipinski definition) is 3. The van der Waals surface area contributed by atoms with E-state index >= 15 is 0 Å². The van der Waals surface area contributed by atoms with Crippen LogP contribution in [0, 0.1) is 0 Å². The fraction of sp³-hybridized carbons (Fsp3) is 0.458. The summed E-state index contributed by atoms with van der Waals surface area (Å²) in [6.07, 6.45) is 3.10. The third-order valence-corrected chi connectivity index (χ3v) is 6.82. The van der Waals surface area contributed by atoms with Crippen LogP contribution in [-0.4, -0.2) is 66.3 Å². The number of benzene rings is 2. The van der Waals surface area contributed by atoms with Crippen LogP contribution >= 0.6 is 0 Å². The largest absolute Gasteiger partial charge is 0.508 e. The summed E-state index contributed by atoms with van der Waals surface area (Å²) in [6, 6.07) is 13.9. The molecule has 6 nitrogen and oxygen atoms in total. The normalized spacial score (nSPS) is 25.1. The summed E-state index contributed by atoms with van der Waals surface area (Å²) < 4.78 is 0. The van der Waals surface area contributed by atoms with Gasteiger partial charge >= 0.3 is 0 Å². The van der Waals surface area contributed by atoms with E-state index in [1.54, 1.807) is 6.07 Å². The Bertz CT molecular complexity index is 937. The van der Waals surface area contributed by atoms with Crippen LogP contribution in [0.3, 0.4) is 0 Å². The second-order valence-corrected chi connectivity index (χ2v) is 8.63. The number of phenols is 2. The van der Waals surface area contributed by atoms with Crippen molar-refractivity contribution in [1.29, 1.82) is 0 Å². The Balaban J connectivity index is 1.13. The number of fused-ring (bicyclic) bond motifs is 3. The zero-order valence-electron chi connectivity index (χ0n) is 17.3. The number of phenolic OH excluding ortho intramolecular Hbond substituents is 2. The number of piperazine rings is 1. The summed E-state index contributed by atoms with van der Waals surface area (Å²) in [7, 11) is 0. The monoisotopic (exact) mass is 406 g/mol. The van der Waals surface area contributed by atoms with Gasteiger partial charge in [0.25, 0.3) is 0 Å². The third kappa shape index (κ3) is 3.84. The van der Waals surface area contributed by atoms with Crippen LogP contribution in [0.1, 0.15) is 29.9 Å². The van der Waals surface area contributed by atoms with E-state index in [2.05, 4.69) is 21.2 Å². The fourth-order valence-corrected chi connectivity index (χ4v) is 5.19. The first-order valence-corrected chi connectivity index (χ1v) is 11.0. The van der Waals surface area contributed by atoms with Crippen LogP contribution in [0.15, 0.2) is 47.5 Å². The number of nitrogens with one attached hydrogen (secondary N) is 1. The SMILES string of the molecule is Oc1ccc2c(c1)CC[C@H]1NC(=NCCN3CCN(c4ccccc4O)CC3)C[C@@H]21. The van der Waals surface area contributed by atoms with Crippen LogP contribution in [0.4, 0.5) is 5.69 Å². The summed E-state index contributed by atoms with van der Waals surface area (Å²) in [5.41, 5.74) is 3.60. The van der Waals surface area contributed by atoms with Crippen LogP contribution in [-0.2, 0) is 6.42 Å². The molecule has 0 spiro atoms. The van der Waals surface area contributed by atoms with E-state index in [4.69, 9.17) is 4.99 Å². The van der Waals surface area contributed by atoms with E-state index in [1.807, 2.05) is 30.3 Å². The van der Waals surface area contributed by atoms with Crippen molar-refractivity contribution in [2.24, 2.45) is 4.99 Å². The highest BCUT2D eigenvalue weighted by atomic mass is 16.3. The minimum absolute atomic E-state index is 0.364. The Hall–Kier alpha value is -2.73. The number of aryl methyl sites for hydroxylation is 1. The molecule has 0 bridgehead atoms. The molecular weight excluding hydrogens is 376 g/mol. The van der Waals surface area contributed by atoms with Crippen molar-refractivity contribution in [2.75, 3.05) is 44.2 Å². The second kappa shape index (κ2) is 8.19. The molecule has 1 aliphatic carbocycles. The van der Waals surface area contributed by atoms with E-state index in [0.717, 1.165) is 70.1 Å². The number of rotatable bonds is 4. The number of aromatic hydroxyl groups is 2. The van der Waals surface area contributed by atoms with Crippen LogP contribution in [0.5, 0.6) is 11.5 Å². The van der Waals surface area contributed by atoms with Crippen LogP contribution in [0.2, 0.25) is 0 Å². The lowest BCUT2D eigenvalue weighted by molar-refractivity contribution is 0.264. The number of aliphatic imine (C=N–C) groups is 1. The quantitative estimate of drug-likeness (QED) is 0.728. The number of nitrogens with zero attached hydrogens (tertiary/aromatic N) is 3. The summed E-state index contributed by atoms with van der Waals surface area (Å²) in [4.78, 5) is 9.60. The first-order valence-electron chi connectivity index (χ1n) is 11.0. The van der Waals surface area contributed by atoms with Gasteiger partial charge in [-0.05, 0) is 48.2 Å². The molecule has 2 saturated heterocycles. The fourth-order valence-electron chi connectivity index (χ4n) is 5.19. The Morgan fingerprint density at radius 1 is 1.03 bits per heavy atom. The van der Waals surface area contributed by atoms with Gasteiger partial charge in [0.2, 0.25) is 0 Å². The maximum absolute atomic E-state index is 10.1. The Morgan fingerprint density at radius 3 is 2.70 bits per heavy atom. The number of amidine groups is 1. The molecule has 0 unspecified atom stereocenters. The molecule has 2 fully saturated rings. The number of hydrogen-bond acceptors (Lipinski definition) is 5. The molecular formula is C24H30N4O2. The predicted molar refractivity (Wildman–Crippen MR) is 120 cm³/mol. The minimum atomic E-state index is 0.364. The third-order valence-electron chi connectivity index (χ3n) is 6.82. The first-order chi connectivity index (χ1) is 14.7. The molecule has 3 aliphatic rings. The average Bonchev–Trinajstić information content (AvgIpc) is 3.18. The second-order valence-electron chi connectivity index (χ2n) is 8.63. The molecule has 2 aromatic rings. The van der Waals surface area contributed by atoms with Gasteiger partial charge in [-0.2, -0.15) is 0 Å². The van der Waals surface area contributed by atoms with Gasteiger partial charge in [-0.25, -0.2) is 0 Å². The Kier molecular flexibility index (Phi) is 5.25. The summed E-state index contributed by atoms with van der Waals surface area (Å²) >= 11 is 0.